The van der Waals surface area contributed by atoms with Gasteiger partial charge in [0.1, 0.15) is 38.5 Å². The van der Waals surface area contributed by atoms with Gasteiger partial charge in [-0.1, -0.05) is 228 Å². The normalized spacial score (nSPS) is 14.5. The number of allylic oxidation sites excluding steroid dienone is 4. The Labute approximate surface area is 528 Å². The first-order valence-corrected chi connectivity index (χ1v) is 35.5. The topological polar surface area (TPSA) is 204 Å². The molecule has 2 unspecified atom stereocenters. The van der Waals surface area contributed by atoms with Gasteiger partial charge < -0.3 is 39.4 Å². The van der Waals surface area contributed by atoms with E-state index >= 15 is 0 Å². The highest BCUT2D eigenvalue weighted by molar-refractivity contribution is 8.13. The molecule has 16 nitrogen and oxygen atoms in total. The van der Waals surface area contributed by atoms with E-state index in [4.69, 9.17) is 18.9 Å². The zero-order valence-electron chi connectivity index (χ0n) is 53.9. The molecule has 1 aliphatic rings. The van der Waals surface area contributed by atoms with Crippen LogP contribution in [-0.4, -0.2) is 145 Å². The SMILES string of the molecule is CCCCCCCC/C=C\COC(=O)CCN(CCSC(=O)CC1NC(=O)C(CC(=O)SCCN(CCC(=O)OC/C=C\CCCCCCCC)CCC(=O)OC/C=C\CCCCCCCC)NC1=O)CCC(=O)OC/C=C\CCCCCCCC. The highest BCUT2D eigenvalue weighted by Crippen LogP contribution is 2.17. The predicted molar refractivity (Wildman–Crippen MR) is 352 cm³/mol. The Balaban J connectivity index is 2.70. The van der Waals surface area contributed by atoms with Gasteiger partial charge in [-0.05, 0) is 51.4 Å². The van der Waals surface area contributed by atoms with Gasteiger partial charge in [-0.15, -0.1) is 0 Å². The summed E-state index contributed by atoms with van der Waals surface area (Å²) in [5.41, 5.74) is 0. The van der Waals surface area contributed by atoms with Crippen LogP contribution in [0.1, 0.15) is 246 Å². The zero-order chi connectivity index (χ0) is 62.8. The lowest BCUT2D eigenvalue weighted by atomic mass is 10.1. The molecule has 0 spiro atoms. The fraction of sp³-hybridized carbons (Fsp3) is 0.765. The van der Waals surface area contributed by atoms with E-state index in [0.29, 0.717) is 50.8 Å². The van der Waals surface area contributed by atoms with E-state index in [1.165, 1.54) is 128 Å². The number of hydrogen-bond acceptors (Lipinski definition) is 16. The minimum absolute atomic E-state index is 0.0979. The fourth-order valence-corrected chi connectivity index (χ4v) is 11.1. The summed E-state index contributed by atoms with van der Waals surface area (Å²) in [6.07, 6.45) is 48.5. The first-order chi connectivity index (χ1) is 41.9. The second-order valence-electron chi connectivity index (χ2n) is 22.5. The molecule has 1 saturated heterocycles. The van der Waals surface area contributed by atoms with Crippen LogP contribution in [0.2, 0.25) is 0 Å². The molecule has 0 aromatic rings. The van der Waals surface area contributed by atoms with Gasteiger partial charge >= 0.3 is 23.9 Å². The molecule has 86 heavy (non-hydrogen) atoms. The Morgan fingerprint density at radius 3 is 0.860 bits per heavy atom. The van der Waals surface area contributed by atoms with Gasteiger partial charge in [-0.2, -0.15) is 0 Å². The Kier molecular flexibility index (Phi) is 54.2. The number of nitrogens with zero attached hydrogens (tertiary/aromatic N) is 2. The summed E-state index contributed by atoms with van der Waals surface area (Å²) in [4.78, 5) is 107. The van der Waals surface area contributed by atoms with E-state index in [0.717, 1.165) is 74.9 Å². The van der Waals surface area contributed by atoms with Gasteiger partial charge in [0, 0.05) is 63.6 Å². The maximum absolute atomic E-state index is 13.2. The fourth-order valence-electron chi connectivity index (χ4n) is 9.43. The van der Waals surface area contributed by atoms with E-state index in [1.54, 1.807) is 0 Å². The highest BCUT2D eigenvalue weighted by atomic mass is 32.2. The van der Waals surface area contributed by atoms with E-state index in [9.17, 15) is 38.4 Å². The van der Waals surface area contributed by atoms with Crippen molar-refractivity contribution in [1.29, 1.82) is 0 Å². The van der Waals surface area contributed by atoms with Gasteiger partial charge in [0.15, 0.2) is 10.2 Å². The summed E-state index contributed by atoms with van der Waals surface area (Å²) in [5, 5.41) is 4.59. The molecule has 0 aliphatic carbocycles. The van der Waals surface area contributed by atoms with Crippen molar-refractivity contribution in [3.05, 3.63) is 48.6 Å². The molecule has 0 aromatic carbocycles. The number of hydrogen-bond donors (Lipinski definition) is 2. The van der Waals surface area contributed by atoms with Crippen molar-refractivity contribution >= 4 is 69.4 Å². The number of nitrogens with one attached hydrogen (secondary N) is 2. The summed E-state index contributed by atoms with van der Waals surface area (Å²) in [6.45, 7) is 11.5. The maximum Gasteiger partial charge on any atom is 0.307 e. The van der Waals surface area contributed by atoms with Crippen LogP contribution in [0.4, 0.5) is 0 Å². The Morgan fingerprint density at radius 1 is 0.360 bits per heavy atom. The van der Waals surface area contributed by atoms with E-state index in [1.807, 2.05) is 58.4 Å². The van der Waals surface area contributed by atoms with Crippen molar-refractivity contribution in [3.63, 3.8) is 0 Å². The third kappa shape index (κ3) is 49.7. The third-order valence-electron chi connectivity index (χ3n) is 14.8. The maximum atomic E-state index is 13.2. The molecule has 2 atom stereocenters. The Bertz CT molecular complexity index is 1710. The number of ether oxygens (including phenoxy) is 4. The molecule has 0 bridgehead atoms. The number of esters is 4. The van der Waals surface area contributed by atoms with Crippen LogP contribution >= 0.6 is 23.5 Å². The van der Waals surface area contributed by atoms with Gasteiger partial charge in [0.25, 0.3) is 0 Å². The van der Waals surface area contributed by atoms with Crippen molar-refractivity contribution in [1.82, 2.24) is 20.4 Å². The molecule has 0 aromatic heterocycles. The van der Waals surface area contributed by atoms with E-state index in [-0.39, 0.29) is 99.1 Å². The molecule has 1 aliphatic heterocycles. The number of rotatable bonds is 58. The van der Waals surface area contributed by atoms with Gasteiger partial charge in [0.05, 0.1) is 25.7 Å². The number of thioether (sulfide) groups is 2. The lowest BCUT2D eigenvalue weighted by Gasteiger charge is -2.29. The van der Waals surface area contributed by atoms with E-state index < -0.39 is 23.9 Å². The third-order valence-corrected chi connectivity index (χ3v) is 16.6. The van der Waals surface area contributed by atoms with Crippen molar-refractivity contribution in [2.75, 3.05) is 77.2 Å². The molecule has 0 radical (unpaired) electrons. The van der Waals surface area contributed by atoms with Gasteiger partial charge in [-0.3, -0.25) is 38.4 Å². The molecular formula is C68H116N4O12S2. The minimum atomic E-state index is -1.11. The summed E-state index contributed by atoms with van der Waals surface area (Å²) in [5.74, 6) is -1.98. The van der Waals surface area contributed by atoms with E-state index in [2.05, 4.69) is 38.3 Å². The van der Waals surface area contributed by atoms with Crippen molar-refractivity contribution in [2.24, 2.45) is 0 Å². The average molecular weight is 1250 g/mol. The number of piperazine rings is 1. The number of carbonyl (C=O) groups excluding carboxylic acids is 8. The Morgan fingerprint density at radius 2 is 0.605 bits per heavy atom. The van der Waals surface area contributed by atoms with Crippen LogP contribution in [0.3, 0.4) is 0 Å². The lowest BCUT2D eigenvalue weighted by molar-refractivity contribution is -0.144. The van der Waals surface area contributed by atoms with Crippen LogP contribution in [-0.2, 0) is 57.3 Å². The van der Waals surface area contributed by atoms with Crippen molar-refractivity contribution in [2.45, 2.75) is 258 Å². The monoisotopic (exact) mass is 1240 g/mol. The largest absolute Gasteiger partial charge is 0.461 e. The van der Waals surface area contributed by atoms with Gasteiger partial charge in [-0.25, -0.2) is 0 Å². The first-order valence-electron chi connectivity index (χ1n) is 33.5. The standard InChI is InChI=1S/C68H116N4O12S2/c1-5-9-13-17-21-25-29-33-37-51-81-61(73)41-45-71(46-42-62(74)82-52-38-34-30-26-22-18-14-10-6-2)49-55-85-65(77)57-59-67(79)70-60(68(80)69-59)58-66(78)86-56-50-72(47-43-63(75)83-53-39-35-31-27-23-19-15-11-7-3)48-44-64(76)84-54-40-36-32-28-24-20-16-12-8-4/h33-40,59-60H,5-32,41-58H2,1-4H3,(H,69,80)(H,70,79)/b37-33-,38-34-,39-35-,40-36-. The summed E-state index contributed by atoms with van der Waals surface area (Å²) in [7, 11) is 0. The molecule has 1 fully saturated rings. The average Bonchev–Trinajstić information content (AvgIpc) is 3.68. The van der Waals surface area contributed by atoms with Crippen LogP contribution in [0.5, 0.6) is 0 Å². The Hall–Kier alpha value is -4.26. The first kappa shape index (κ1) is 79.8. The van der Waals surface area contributed by atoms with Crippen molar-refractivity contribution < 1.29 is 57.3 Å². The molecule has 1 heterocycles. The highest BCUT2D eigenvalue weighted by Gasteiger charge is 2.36. The second-order valence-corrected chi connectivity index (χ2v) is 24.8. The lowest BCUT2D eigenvalue weighted by Crippen LogP contribution is -2.62. The van der Waals surface area contributed by atoms with Crippen LogP contribution in [0.25, 0.3) is 0 Å². The number of unbranched alkanes of at least 4 members (excludes halogenated alkanes) is 24. The number of carbonyl (C=O) groups is 8. The summed E-state index contributed by atoms with van der Waals surface area (Å²) in [6, 6.07) is -2.23. The van der Waals surface area contributed by atoms with Crippen LogP contribution < -0.4 is 10.6 Å². The molecule has 0 saturated carbocycles. The molecule has 2 amide bonds. The van der Waals surface area contributed by atoms with Crippen molar-refractivity contribution in [3.8, 4) is 0 Å². The molecule has 2 N–H and O–H groups in total. The molecule has 18 heteroatoms. The van der Waals surface area contributed by atoms with Crippen LogP contribution in [0, 0.1) is 0 Å². The zero-order valence-corrected chi connectivity index (χ0v) is 55.5. The molecular weight excluding hydrogens is 1130 g/mol. The molecule has 1 rings (SSSR count). The summed E-state index contributed by atoms with van der Waals surface area (Å²) >= 11 is 1.99. The summed E-state index contributed by atoms with van der Waals surface area (Å²) < 4.78 is 21.8. The molecule has 492 valence electrons. The van der Waals surface area contributed by atoms with Gasteiger partial charge in [0.2, 0.25) is 11.8 Å². The second kappa shape index (κ2) is 58.4. The minimum Gasteiger partial charge on any atom is -0.461 e. The van der Waals surface area contributed by atoms with Crippen LogP contribution in [0.15, 0.2) is 48.6 Å². The smallest absolute Gasteiger partial charge is 0.307 e. The predicted octanol–water partition coefficient (Wildman–Crippen LogP) is 13.8. The quantitative estimate of drug-likeness (QED) is 0.0251. The number of amides is 2.